The Hall–Kier alpha value is -0.940. The van der Waals surface area contributed by atoms with E-state index in [9.17, 15) is 12.8 Å². The second kappa shape index (κ2) is 3.90. The summed E-state index contributed by atoms with van der Waals surface area (Å²) in [6.45, 7) is 0.260. The van der Waals surface area contributed by atoms with Crippen molar-refractivity contribution in [2.45, 2.75) is 17.5 Å². The zero-order valence-corrected chi connectivity index (χ0v) is 8.95. The van der Waals surface area contributed by atoms with Gasteiger partial charge in [-0.3, -0.25) is 0 Å². The molecular weight excluding hydrogens is 217 g/mol. The summed E-state index contributed by atoms with van der Waals surface area (Å²) >= 11 is 0. The third-order valence-electron chi connectivity index (χ3n) is 2.47. The van der Waals surface area contributed by atoms with Gasteiger partial charge in [-0.25, -0.2) is 12.8 Å². The molecule has 3 nitrogen and oxygen atoms in total. The van der Waals surface area contributed by atoms with Gasteiger partial charge in [0.15, 0.2) is 0 Å². The van der Waals surface area contributed by atoms with Crippen LogP contribution in [0, 0.1) is 0 Å². The first-order valence-corrected chi connectivity index (χ1v) is 6.24. The summed E-state index contributed by atoms with van der Waals surface area (Å²) in [4.78, 5) is 0.235. The molecule has 15 heavy (non-hydrogen) atoms. The highest BCUT2D eigenvalue weighted by molar-refractivity contribution is 7.89. The lowest BCUT2D eigenvalue weighted by Crippen LogP contribution is -2.29. The molecule has 1 heterocycles. The average Bonchev–Trinajstić information content (AvgIpc) is 2.67. The summed E-state index contributed by atoms with van der Waals surface area (Å²) in [6.07, 6.45) is -0.727. The van der Waals surface area contributed by atoms with Crippen LogP contribution >= 0.6 is 0 Å². The maximum absolute atomic E-state index is 12.9. The second-order valence-corrected chi connectivity index (χ2v) is 5.50. The lowest BCUT2D eigenvalue weighted by Gasteiger charge is -2.14. The molecule has 1 aliphatic heterocycles. The third-order valence-corrected chi connectivity index (χ3v) is 4.35. The highest BCUT2D eigenvalue weighted by Crippen LogP contribution is 2.21. The van der Waals surface area contributed by atoms with Gasteiger partial charge in [0.1, 0.15) is 6.17 Å². The van der Waals surface area contributed by atoms with Crippen LogP contribution < -0.4 is 0 Å². The minimum atomic E-state index is -3.48. The fraction of sp³-hybridized carbons (Fsp3) is 0.400. The SMILES string of the molecule is O=S(=O)(c1ccccc1)N1CC[C@@H](F)C1. The summed E-state index contributed by atoms with van der Waals surface area (Å²) in [7, 11) is -3.48. The van der Waals surface area contributed by atoms with Gasteiger partial charge in [0.2, 0.25) is 10.0 Å². The molecule has 1 fully saturated rings. The molecule has 0 N–H and O–H groups in total. The molecule has 1 aliphatic rings. The van der Waals surface area contributed by atoms with Gasteiger partial charge in [-0.15, -0.1) is 0 Å². The Labute approximate surface area is 88.6 Å². The molecular formula is C10H12FNO2S. The van der Waals surface area contributed by atoms with Crippen LogP contribution in [0.15, 0.2) is 35.2 Å². The third kappa shape index (κ3) is 2.03. The Morgan fingerprint density at radius 1 is 1.27 bits per heavy atom. The van der Waals surface area contributed by atoms with Gasteiger partial charge in [0.25, 0.3) is 0 Å². The van der Waals surface area contributed by atoms with Gasteiger partial charge >= 0.3 is 0 Å². The number of nitrogens with zero attached hydrogens (tertiary/aromatic N) is 1. The second-order valence-electron chi connectivity index (χ2n) is 3.56. The molecule has 2 rings (SSSR count). The van der Waals surface area contributed by atoms with Crippen LogP contribution in [0.25, 0.3) is 0 Å². The fourth-order valence-electron chi connectivity index (χ4n) is 1.65. The summed E-state index contributed by atoms with van der Waals surface area (Å²) in [6, 6.07) is 8.13. The van der Waals surface area contributed by atoms with Crippen molar-refractivity contribution in [3.05, 3.63) is 30.3 Å². The van der Waals surface area contributed by atoms with Gasteiger partial charge in [-0.2, -0.15) is 4.31 Å². The van der Waals surface area contributed by atoms with Crippen molar-refractivity contribution < 1.29 is 12.8 Å². The number of hydrogen-bond acceptors (Lipinski definition) is 2. The lowest BCUT2D eigenvalue weighted by molar-refractivity contribution is 0.343. The largest absolute Gasteiger partial charge is 0.246 e. The van der Waals surface area contributed by atoms with Crippen LogP contribution in [0.5, 0.6) is 0 Å². The molecule has 0 saturated carbocycles. The minimum absolute atomic E-state index is 0.0166. The Bertz CT molecular complexity index is 432. The molecule has 0 radical (unpaired) electrons. The normalized spacial score (nSPS) is 23.1. The molecule has 0 aliphatic carbocycles. The Morgan fingerprint density at radius 2 is 1.93 bits per heavy atom. The van der Waals surface area contributed by atoms with Crippen molar-refractivity contribution in [1.29, 1.82) is 0 Å². The van der Waals surface area contributed by atoms with Crippen LogP contribution in [-0.2, 0) is 10.0 Å². The molecule has 5 heteroatoms. The first-order chi connectivity index (χ1) is 7.10. The van der Waals surface area contributed by atoms with Crippen molar-refractivity contribution >= 4 is 10.0 Å². The van der Waals surface area contributed by atoms with E-state index in [2.05, 4.69) is 0 Å². The number of halogens is 1. The van der Waals surface area contributed by atoms with Crippen molar-refractivity contribution in [3.8, 4) is 0 Å². The van der Waals surface area contributed by atoms with Gasteiger partial charge < -0.3 is 0 Å². The Balaban J connectivity index is 2.28. The summed E-state index contributed by atoms with van der Waals surface area (Å²) < 4.78 is 38.0. The van der Waals surface area contributed by atoms with Gasteiger partial charge in [-0.05, 0) is 18.6 Å². The van der Waals surface area contributed by atoms with Crippen molar-refractivity contribution in [2.24, 2.45) is 0 Å². The minimum Gasteiger partial charge on any atom is -0.246 e. The van der Waals surface area contributed by atoms with Crippen molar-refractivity contribution in [1.82, 2.24) is 4.31 Å². The number of hydrogen-bond donors (Lipinski definition) is 0. The molecule has 0 unspecified atom stereocenters. The van der Waals surface area contributed by atoms with Gasteiger partial charge in [0.05, 0.1) is 4.90 Å². The van der Waals surface area contributed by atoms with E-state index in [4.69, 9.17) is 0 Å². The van der Waals surface area contributed by atoms with Crippen LogP contribution in [0.4, 0.5) is 4.39 Å². The maximum atomic E-state index is 12.9. The van der Waals surface area contributed by atoms with Crippen LogP contribution in [0.3, 0.4) is 0 Å². The summed E-state index contributed by atoms with van der Waals surface area (Å²) in [5.41, 5.74) is 0. The van der Waals surface area contributed by atoms with Crippen molar-refractivity contribution in [2.75, 3.05) is 13.1 Å². The lowest BCUT2D eigenvalue weighted by atomic mass is 10.4. The predicted molar refractivity (Wildman–Crippen MR) is 54.7 cm³/mol. The predicted octanol–water partition coefficient (Wildman–Crippen LogP) is 1.42. The topological polar surface area (TPSA) is 37.4 Å². The molecule has 0 amide bonds. The quantitative estimate of drug-likeness (QED) is 0.769. The van der Waals surface area contributed by atoms with E-state index in [1.165, 1.54) is 16.4 Å². The van der Waals surface area contributed by atoms with E-state index in [1.54, 1.807) is 18.2 Å². The van der Waals surface area contributed by atoms with Gasteiger partial charge in [0, 0.05) is 13.1 Å². The van der Waals surface area contributed by atoms with E-state index in [0.29, 0.717) is 6.42 Å². The molecule has 0 spiro atoms. The Morgan fingerprint density at radius 3 is 2.47 bits per heavy atom. The van der Waals surface area contributed by atoms with E-state index >= 15 is 0 Å². The molecule has 0 bridgehead atoms. The molecule has 1 aromatic carbocycles. The molecule has 1 atom stereocenters. The number of rotatable bonds is 2. The Kier molecular flexibility index (Phi) is 2.75. The molecule has 0 aromatic heterocycles. The van der Waals surface area contributed by atoms with Crippen LogP contribution in [0.2, 0.25) is 0 Å². The number of sulfonamides is 1. The highest BCUT2D eigenvalue weighted by Gasteiger charge is 2.32. The molecule has 82 valence electrons. The standard InChI is InChI=1S/C10H12FNO2S/c11-9-6-7-12(8-9)15(13,14)10-4-2-1-3-5-10/h1-5,9H,6-8H2/t9-/m1/s1. The summed E-state index contributed by atoms with van der Waals surface area (Å²) in [5, 5.41) is 0. The number of alkyl halides is 1. The smallest absolute Gasteiger partial charge is 0.243 e. The van der Waals surface area contributed by atoms with Crippen LogP contribution in [0.1, 0.15) is 6.42 Å². The fourth-order valence-corrected chi connectivity index (χ4v) is 3.15. The van der Waals surface area contributed by atoms with Crippen LogP contribution in [-0.4, -0.2) is 32.0 Å². The first kappa shape index (κ1) is 10.6. The van der Waals surface area contributed by atoms with E-state index in [0.717, 1.165) is 0 Å². The first-order valence-electron chi connectivity index (χ1n) is 4.80. The maximum Gasteiger partial charge on any atom is 0.243 e. The highest BCUT2D eigenvalue weighted by atomic mass is 32.2. The summed E-state index contributed by atoms with van der Waals surface area (Å²) in [5.74, 6) is 0. The zero-order valence-electron chi connectivity index (χ0n) is 8.14. The average molecular weight is 229 g/mol. The van der Waals surface area contributed by atoms with E-state index in [-0.39, 0.29) is 18.0 Å². The monoisotopic (exact) mass is 229 g/mol. The number of benzene rings is 1. The van der Waals surface area contributed by atoms with E-state index < -0.39 is 16.2 Å². The zero-order chi connectivity index (χ0) is 10.9. The van der Waals surface area contributed by atoms with Crippen molar-refractivity contribution in [3.63, 3.8) is 0 Å². The van der Waals surface area contributed by atoms with E-state index in [1.807, 2.05) is 0 Å². The van der Waals surface area contributed by atoms with Gasteiger partial charge in [-0.1, -0.05) is 18.2 Å². The molecule has 1 saturated heterocycles. The molecule has 1 aromatic rings.